The van der Waals surface area contributed by atoms with E-state index in [9.17, 15) is 4.79 Å². The fourth-order valence-corrected chi connectivity index (χ4v) is 2.04. The quantitative estimate of drug-likeness (QED) is 0.671. The Morgan fingerprint density at radius 2 is 2.29 bits per heavy atom. The second-order valence-electron chi connectivity index (χ2n) is 4.22. The Morgan fingerprint density at radius 3 is 2.79 bits per heavy atom. The summed E-state index contributed by atoms with van der Waals surface area (Å²) in [7, 11) is 2.12. The topological polar surface area (TPSA) is 29.5 Å². The molecule has 1 fully saturated rings. The van der Waals surface area contributed by atoms with Crippen molar-refractivity contribution in [1.82, 2.24) is 4.90 Å². The van der Waals surface area contributed by atoms with Gasteiger partial charge in [-0.15, -0.1) is 0 Å². The Morgan fingerprint density at radius 1 is 1.57 bits per heavy atom. The van der Waals surface area contributed by atoms with Crippen molar-refractivity contribution in [2.75, 3.05) is 20.2 Å². The van der Waals surface area contributed by atoms with E-state index in [0.717, 1.165) is 26.0 Å². The van der Waals surface area contributed by atoms with Crippen molar-refractivity contribution in [3.8, 4) is 0 Å². The van der Waals surface area contributed by atoms with E-state index >= 15 is 0 Å². The first-order valence-corrected chi connectivity index (χ1v) is 5.42. The minimum Gasteiger partial charge on any atom is -0.377 e. The highest BCUT2D eigenvalue weighted by Crippen LogP contribution is 2.18. The van der Waals surface area contributed by atoms with Crippen molar-refractivity contribution in [3.05, 3.63) is 0 Å². The van der Waals surface area contributed by atoms with Crippen molar-refractivity contribution in [1.29, 1.82) is 0 Å². The van der Waals surface area contributed by atoms with Crippen molar-refractivity contribution < 1.29 is 9.53 Å². The molecule has 14 heavy (non-hydrogen) atoms. The summed E-state index contributed by atoms with van der Waals surface area (Å²) in [5.41, 5.74) is 0. The van der Waals surface area contributed by atoms with Crippen molar-refractivity contribution in [2.45, 2.75) is 45.3 Å². The normalized spacial score (nSPS) is 27.1. The molecule has 0 aliphatic carbocycles. The predicted molar refractivity (Wildman–Crippen MR) is 56.4 cm³/mol. The second-order valence-corrected chi connectivity index (χ2v) is 4.22. The van der Waals surface area contributed by atoms with Gasteiger partial charge in [-0.3, -0.25) is 0 Å². The van der Waals surface area contributed by atoms with Gasteiger partial charge >= 0.3 is 0 Å². The molecule has 0 amide bonds. The van der Waals surface area contributed by atoms with Crippen LogP contribution in [0.25, 0.3) is 0 Å². The largest absolute Gasteiger partial charge is 0.377 e. The highest BCUT2D eigenvalue weighted by Gasteiger charge is 2.27. The maximum Gasteiger partial charge on any atom is 0.129 e. The zero-order chi connectivity index (χ0) is 10.6. The lowest BCUT2D eigenvalue weighted by molar-refractivity contribution is -0.117. The number of hydrogen-bond donors (Lipinski definition) is 0. The molecule has 0 N–H and O–H groups in total. The third-order valence-electron chi connectivity index (χ3n) is 2.94. The molecular weight excluding hydrogens is 178 g/mol. The highest BCUT2D eigenvalue weighted by atomic mass is 16.5. The number of ether oxygens (including phenoxy) is 1. The maximum absolute atomic E-state index is 10.8. The van der Waals surface area contributed by atoms with Crippen molar-refractivity contribution in [3.63, 3.8) is 0 Å². The van der Waals surface area contributed by atoms with Crippen LogP contribution in [0.1, 0.15) is 33.1 Å². The monoisotopic (exact) mass is 199 g/mol. The summed E-state index contributed by atoms with van der Waals surface area (Å²) in [6.45, 7) is 5.65. The molecule has 1 aliphatic rings. The Bertz CT molecular complexity index is 194. The van der Waals surface area contributed by atoms with Crippen LogP contribution in [-0.4, -0.2) is 43.0 Å². The maximum atomic E-state index is 10.8. The Balaban J connectivity index is 2.20. The standard InChI is InChI=1S/C11H21NO2/c1-9(13)5-4-7-12(3)11-6-8-14-10(11)2/h10-11H,4-8H2,1-3H3. The molecule has 0 aromatic rings. The van der Waals surface area contributed by atoms with E-state index in [4.69, 9.17) is 4.74 Å². The zero-order valence-corrected chi connectivity index (χ0v) is 9.45. The van der Waals surface area contributed by atoms with Gasteiger partial charge in [-0.05, 0) is 40.3 Å². The number of nitrogens with zero attached hydrogens (tertiary/aromatic N) is 1. The summed E-state index contributed by atoms with van der Waals surface area (Å²) in [6, 6.07) is 0.543. The van der Waals surface area contributed by atoms with Gasteiger partial charge in [0.05, 0.1) is 6.10 Å². The van der Waals surface area contributed by atoms with Gasteiger partial charge in [-0.25, -0.2) is 0 Å². The van der Waals surface area contributed by atoms with Gasteiger partial charge in [0.25, 0.3) is 0 Å². The van der Waals surface area contributed by atoms with Crippen LogP contribution >= 0.6 is 0 Å². The van der Waals surface area contributed by atoms with Gasteiger partial charge in [0.2, 0.25) is 0 Å². The molecule has 1 heterocycles. The highest BCUT2D eigenvalue weighted by molar-refractivity contribution is 5.75. The van der Waals surface area contributed by atoms with Gasteiger partial charge in [-0.2, -0.15) is 0 Å². The van der Waals surface area contributed by atoms with Gasteiger partial charge in [0.15, 0.2) is 0 Å². The van der Waals surface area contributed by atoms with E-state index in [2.05, 4.69) is 18.9 Å². The molecule has 0 spiro atoms. The number of carbonyl (C=O) groups is 1. The molecule has 0 aromatic heterocycles. The van der Waals surface area contributed by atoms with Gasteiger partial charge in [-0.1, -0.05) is 0 Å². The summed E-state index contributed by atoms with van der Waals surface area (Å²) in [5.74, 6) is 0.286. The fourth-order valence-electron chi connectivity index (χ4n) is 2.04. The molecule has 82 valence electrons. The molecule has 3 nitrogen and oxygen atoms in total. The number of ketones is 1. The van der Waals surface area contributed by atoms with Gasteiger partial charge < -0.3 is 14.4 Å². The zero-order valence-electron chi connectivity index (χ0n) is 9.45. The first-order valence-electron chi connectivity index (χ1n) is 5.42. The van der Waals surface area contributed by atoms with Crippen LogP contribution in [-0.2, 0) is 9.53 Å². The summed E-state index contributed by atoms with van der Waals surface area (Å²) in [4.78, 5) is 13.1. The molecule has 1 aliphatic heterocycles. The average Bonchev–Trinajstić information content (AvgIpc) is 2.50. The van der Waals surface area contributed by atoms with E-state index in [1.54, 1.807) is 6.92 Å². The third kappa shape index (κ3) is 3.39. The first-order chi connectivity index (χ1) is 6.61. The Labute approximate surface area is 86.4 Å². The van der Waals surface area contributed by atoms with Crippen LogP contribution in [0.5, 0.6) is 0 Å². The van der Waals surface area contributed by atoms with E-state index in [1.165, 1.54) is 0 Å². The molecule has 0 bridgehead atoms. The van der Waals surface area contributed by atoms with Gasteiger partial charge in [0, 0.05) is 19.1 Å². The van der Waals surface area contributed by atoms with E-state index in [0.29, 0.717) is 18.6 Å². The first kappa shape index (κ1) is 11.7. The Kier molecular flexibility index (Phi) is 4.55. The number of hydrogen-bond acceptors (Lipinski definition) is 3. The van der Waals surface area contributed by atoms with E-state index < -0.39 is 0 Å². The fraction of sp³-hybridized carbons (Fsp3) is 0.909. The summed E-state index contributed by atoms with van der Waals surface area (Å²) in [6.07, 6.45) is 3.14. The lowest BCUT2D eigenvalue weighted by atomic mass is 10.1. The predicted octanol–water partition coefficient (Wildman–Crippen LogP) is 1.46. The van der Waals surface area contributed by atoms with Crippen LogP contribution in [0, 0.1) is 0 Å². The minimum absolute atomic E-state index is 0.286. The minimum atomic E-state index is 0.286. The van der Waals surface area contributed by atoms with Crippen LogP contribution in [0.3, 0.4) is 0 Å². The molecular formula is C11H21NO2. The summed E-state index contributed by atoms with van der Waals surface area (Å²) in [5, 5.41) is 0. The molecule has 2 unspecified atom stereocenters. The molecule has 0 radical (unpaired) electrons. The number of rotatable bonds is 5. The summed E-state index contributed by atoms with van der Waals surface area (Å²) < 4.78 is 5.51. The lowest BCUT2D eigenvalue weighted by Gasteiger charge is -2.26. The number of carbonyl (C=O) groups excluding carboxylic acids is 1. The smallest absolute Gasteiger partial charge is 0.129 e. The molecule has 3 heteroatoms. The molecule has 1 rings (SSSR count). The number of Topliss-reactive ketones (excluding diaryl/α,β-unsaturated/α-hetero) is 1. The van der Waals surface area contributed by atoms with Crippen molar-refractivity contribution in [2.24, 2.45) is 0 Å². The van der Waals surface area contributed by atoms with Crippen molar-refractivity contribution >= 4 is 5.78 Å². The SMILES string of the molecule is CC(=O)CCCN(C)C1CCOC1C. The molecule has 0 aromatic carbocycles. The van der Waals surface area contributed by atoms with E-state index in [1.807, 2.05) is 0 Å². The molecule has 2 atom stereocenters. The third-order valence-corrected chi connectivity index (χ3v) is 2.94. The second kappa shape index (κ2) is 5.47. The van der Waals surface area contributed by atoms with Gasteiger partial charge in [0.1, 0.15) is 5.78 Å². The van der Waals surface area contributed by atoms with E-state index in [-0.39, 0.29) is 5.78 Å². The lowest BCUT2D eigenvalue weighted by Crippen LogP contribution is -2.37. The van der Waals surface area contributed by atoms with Crippen LogP contribution in [0.15, 0.2) is 0 Å². The Hall–Kier alpha value is -0.410. The van der Waals surface area contributed by atoms with Crippen LogP contribution in [0.2, 0.25) is 0 Å². The molecule has 0 saturated carbocycles. The van der Waals surface area contributed by atoms with Crippen LogP contribution < -0.4 is 0 Å². The molecule has 1 saturated heterocycles. The average molecular weight is 199 g/mol. The van der Waals surface area contributed by atoms with Crippen LogP contribution in [0.4, 0.5) is 0 Å². The number of likely N-dealkylation sites (N-methyl/N-ethyl adjacent to an activating group) is 1. The summed E-state index contributed by atoms with van der Waals surface area (Å²) >= 11 is 0.